The maximum absolute atomic E-state index is 12.3. The number of amides is 2. The number of likely N-dealkylation sites (tertiary alicyclic amines) is 1. The second-order valence-electron chi connectivity index (χ2n) is 5.62. The molecular weight excluding hydrogens is 320 g/mol. The Kier molecular flexibility index (Phi) is 5.74. The first-order chi connectivity index (χ1) is 10.9. The van der Waals surface area contributed by atoms with Gasteiger partial charge in [0, 0.05) is 24.0 Å². The van der Waals surface area contributed by atoms with E-state index in [0.717, 1.165) is 5.56 Å². The molecule has 1 fully saturated rings. The second kappa shape index (κ2) is 7.57. The quantitative estimate of drug-likeness (QED) is 0.754. The summed E-state index contributed by atoms with van der Waals surface area (Å²) in [6.45, 7) is 1.60. The van der Waals surface area contributed by atoms with Gasteiger partial charge in [-0.05, 0) is 31.0 Å². The van der Waals surface area contributed by atoms with Crippen LogP contribution in [0.25, 0.3) is 0 Å². The Morgan fingerprint density at radius 1 is 1.39 bits per heavy atom. The maximum atomic E-state index is 12.3. The number of hydrogen-bond acceptors (Lipinski definition) is 4. The van der Waals surface area contributed by atoms with Gasteiger partial charge in [0.15, 0.2) is 0 Å². The number of carbonyl (C=O) groups excluding carboxylic acids is 3. The highest BCUT2D eigenvalue weighted by Crippen LogP contribution is 2.23. The molecule has 0 aromatic heterocycles. The van der Waals surface area contributed by atoms with Crippen LogP contribution in [-0.4, -0.2) is 46.3 Å². The Balaban J connectivity index is 2.08. The summed E-state index contributed by atoms with van der Waals surface area (Å²) in [5, 5.41) is 11.9. The number of aliphatic hydroxyl groups excluding tert-OH is 1. The Morgan fingerprint density at radius 3 is 2.65 bits per heavy atom. The van der Waals surface area contributed by atoms with Gasteiger partial charge < -0.3 is 15.3 Å². The van der Waals surface area contributed by atoms with Crippen LogP contribution in [0.5, 0.6) is 0 Å². The Morgan fingerprint density at radius 2 is 2.04 bits per heavy atom. The molecule has 0 aliphatic carbocycles. The third-order valence-electron chi connectivity index (χ3n) is 3.77. The Labute approximate surface area is 139 Å². The number of benzene rings is 1. The van der Waals surface area contributed by atoms with E-state index in [1.165, 1.54) is 4.90 Å². The van der Waals surface area contributed by atoms with Crippen molar-refractivity contribution in [3.8, 4) is 0 Å². The summed E-state index contributed by atoms with van der Waals surface area (Å²) >= 11 is 5.83. The van der Waals surface area contributed by atoms with Crippen molar-refractivity contribution >= 4 is 29.2 Å². The fourth-order valence-electron chi connectivity index (χ4n) is 2.48. The van der Waals surface area contributed by atoms with Crippen LogP contribution in [0.1, 0.15) is 25.3 Å². The van der Waals surface area contributed by atoms with Gasteiger partial charge in [0.05, 0.1) is 6.61 Å². The fourth-order valence-corrected chi connectivity index (χ4v) is 2.61. The molecule has 1 unspecified atom stereocenters. The first-order valence-corrected chi connectivity index (χ1v) is 7.79. The lowest BCUT2D eigenvalue weighted by atomic mass is 10.1. The van der Waals surface area contributed by atoms with Gasteiger partial charge in [0.1, 0.15) is 6.04 Å². The number of nitrogens with zero attached hydrogens (tertiary/aromatic N) is 1. The lowest BCUT2D eigenvalue weighted by molar-refractivity contribution is -0.143. The molecule has 124 valence electrons. The number of aliphatic hydroxyl groups is 1. The van der Waals surface area contributed by atoms with E-state index in [0.29, 0.717) is 11.4 Å². The summed E-state index contributed by atoms with van der Waals surface area (Å²) in [7, 11) is 0. The summed E-state index contributed by atoms with van der Waals surface area (Å²) in [4.78, 5) is 37.7. The molecule has 1 aliphatic heterocycles. The number of ketones is 1. The Hall–Kier alpha value is -1.92. The fraction of sp³-hybridized carbons (Fsp3) is 0.438. The zero-order valence-corrected chi connectivity index (χ0v) is 13.5. The Bertz CT molecular complexity index is 603. The normalized spacial score (nSPS) is 18.8. The molecule has 2 atom stereocenters. The van der Waals surface area contributed by atoms with Crippen LogP contribution >= 0.6 is 11.6 Å². The van der Waals surface area contributed by atoms with Gasteiger partial charge in [0.25, 0.3) is 5.91 Å². The number of rotatable bonds is 6. The lowest BCUT2D eigenvalue weighted by Crippen LogP contribution is -2.48. The van der Waals surface area contributed by atoms with Gasteiger partial charge >= 0.3 is 0 Å². The van der Waals surface area contributed by atoms with Gasteiger partial charge in [0.2, 0.25) is 11.7 Å². The molecule has 2 amide bonds. The van der Waals surface area contributed by atoms with Crippen molar-refractivity contribution in [2.24, 2.45) is 0 Å². The largest absolute Gasteiger partial charge is 0.394 e. The van der Waals surface area contributed by atoms with Crippen LogP contribution < -0.4 is 5.32 Å². The van der Waals surface area contributed by atoms with E-state index in [1.54, 1.807) is 31.2 Å². The molecule has 2 rings (SSSR count). The van der Waals surface area contributed by atoms with Crippen LogP contribution in [0.4, 0.5) is 0 Å². The summed E-state index contributed by atoms with van der Waals surface area (Å²) in [6.07, 6.45) is 0.568. The number of nitrogens with one attached hydrogen (secondary N) is 1. The molecule has 2 N–H and O–H groups in total. The molecule has 1 aromatic carbocycles. The number of carbonyl (C=O) groups is 3. The molecule has 1 saturated heterocycles. The van der Waals surface area contributed by atoms with Crippen molar-refractivity contribution in [3.63, 3.8) is 0 Å². The first kappa shape index (κ1) is 17.4. The standard InChI is InChI=1S/C16H19ClN2O4/c1-10(9-20)18-16(23)15(22)13-6-7-14(21)19(13)8-11-2-4-12(17)5-3-11/h2-5,10,13,20H,6-9H2,1H3,(H,18,23)/t10-,13?/m1/s1. The van der Waals surface area contributed by atoms with E-state index >= 15 is 0 Å². The molecule has 7 heteroatoms. The minimum Gasteiger partial charge on any atom is -0.394 e. The van der Waals surface area contributed by atoms with Crippen LogP contribution in [-0.2, 0) is 20.9 Å². The number of Topliss-reactive ketones (excluding diaryl/α,β-unsaturated/α-hetero) is 1. The highest BCUT2D eigenvalue weighted by atomic mass is 35.5. The maximum Gasteiger partial charge on any atom is 0.289 e. The van der Waals surface area contributed by atoms with Gasteiger partial charge in [-0.25, -0.2) is 0 Å². The smallest absolute Gasteiger partial charge is 0.289 e. The molecule has 1 aromatic rings. The molecule has 0 saturated carbocycles. The average Bonchev–Trinajstić information content (AvgIpc) is 2.89. The summed E-state index contributed by atoms with van der Waals surface area (Å²) < 4.78 is 0. The van der Waals surface area contributed by atoms with Gasteiger partial charge in [-0.2, -0.15) is 0 Å². The van der Waals surface area contributed by atoms with E-state index < -0.39 is 23.8 Å². The number of halogens is 1. The van der Waals surface area contributed by atoms with Crippen molar-refractivity contribution in [2.45, 2.75) is 38.4 Å². The van der Waals surface area contributed by atoms with E-state index in [9.17, 15) is 14.4 Å². The zero-order chi connectivity index (χ0) is 17.0. The minimum absolute atomic E-state index is 0.152. The van der Waals surface area contributed by atoms with E-state index in [2.05, 4.69) is 5.32 Å². The van der Waals surface area contributed by atoms with E-state index in [-0.39, 0.29) is 25.5 Å². The van der Waals surface area contributed by atoms with E-state index in [1.807, 2.05) is 0 Å². The first-order valence-electron chi connectivity index (χ1n) is 7.42. The average molecular weight is 339 g/mol. The monoisotopic (exact) mass is 338 g/mol. The predicted octanol–water partition coefficient (Wildman–Crippen LogP) is 0.897. The van der Waals surface area contributed by atoms with Crippen LogP contribution in [0, 0.1) is 0 Å². The van der Waals surface area contributed by atoms with Gasteiger partial charge in [-0.1, -0.05) is 23.7 Å². The lowest BCUT2D eigenvalue weighted by Gasteiger charge is -2.24. The second-order valence-corrected chi connectivity index (χ2v) is 6.06. The van der Waals surface area contributed by atoms with Crippen molar-refractivity contribution < 1.29 is 19.5 Å². The van der Waals surface area contributed by atoms with Crippen LogP contribution in [0.3, 0.4) is 0 Å². The van der Waals surface area contributed by atoms with Crippen molar-refractivity contribution in [1.82, 2.24) is 10.2 Å². The molecule has 0 radical (unpaired) electrons. The van der Waals surface area contributed by atoms with E-state index in [4.69, 9.17) is 16.7 Å². The number of hydrogen-bond donors (Lipinski definition) is 2. The van der Waals surface area contributed by atoms with Crippen molar-refractivity contribution in [3.05, 3.63) is 34.9 Å². The SMILES string of the molecule is C[C@H](CO)NC(=O)C(=O)C1CCC(=O)N1Cc1ccc(Cl)cc1. The predicted molar refractivity (Wildman–Crippen MR) is 84.7 cm³/mol. The van der Waals surface area contributed by atoms with Crippen molar-refractivity contribution in [1.29, 1.82) is 0 Å². The molecule has 23 heavy (non-hydrogen) atoms. The van der Waals surface area contributed by atoms with Crippen LogP contribution in [0.15, 0.2) is 24.3 Å². The molecular formula is C16H19ClN2O4. The topological polar surface area (TPSA) is 86.7 Å². The molecule has 6 nitrogen and oxygen atoms in total. The third-order valence-corrected chi connectivity index (χ3v) is 4.02. The molecule has 0 bridgehead atoms. The molecule has 0 spiro atoms. The van der Waals surface area contributed by atoms with Gasteiger partial charge in [-0.15, -0.1) is 0 Å². The summed E-state index contributed by atoms with van der Waals surface area (Å²) in [6, 6.07) is 5.72. The third kappa shape index (κ3) is 4.30. The summed E-state index contributed by atoms with van der Waals surface area (Å²) in [5.41, 5.74) is 0.839. The van der Waals surface area contributed by atoms with Crippen LogP contribution in [0.2, 0.25) is 5.02 Å². The highest BCUT2D eigenvalue weighted by Gasteiger charge is 2.38. The minimum atomic E-state index is -0.771. The summed E-state index contributed by atoms with van der Waals surface area (Å²) in [5.74, 6) is -1.57. The van der Waals surface area contributed by atoms with Crippen molar-refractivity contribution in [2.75, 3.05) is 6.61 Å². The highest BCUT2D eigenvalue weighted by molar-refractivity contribution is 6.38. The van der Waals surface area contributed by atoms with Gasteiger partial charge in [-0.3, -0.25) is 14.4 Å². The molecule has 1 aliphatic rings. The molecule has 1 heterocycles. The zero-order valence-electron chi connectivity index (χ0n) is 12.8.